The van der Waals surface area contributed by atoms with Crippen LogP contribution in [0.3, 0.4) is 0 Å². The van der Waals surface area contributed by atoms with Crippen LogP contribution in [0.1, 0.15) is 28.8 Å². The van der Waals surface area contributed by atoms with Crippen LogP contribution in [0.4, 0.5) is 5.69 Å². The third kappa shape index (κ3) is 4.44. The number of amides is 1. The molecule has 1 amide bonds. The summed E-state index contributed by atoms with van der Waals surface area (Å²) in [5.41, 5.74) is 3.17. The lowest BCUT2D eigenvalue weighted by Gasteiger charge is -2.39. The van der Waals surface area contributed by atoms with Crippen molar-refractivity contribution in [2.75, 3.05) is 17.8 Å². The number of anilines is 1. The number of aromatic amines is 1. The first-order valence-corrected chi connectivity index (χ1v) is 11.9. The number of pyridine rings is 1. The molecule has 168 valence electrons. The van der Waals surface area contributed by atoms with E-state index in [9.17, 15) is 9.90 Å². The number of halogens is 1. The number of likely N-dealkylation sites (tertiary alicyclic amines) is 1. The third-order valence-corrected chi connectivity index (χ3v) is 7.26. The van der Waals surface area contributed by atoms with E-state index in [1.807, 2.05) is 60.8 Å². The van der Waals surface area contributed by atoms with E-state index >= 15 is 0 Å². The number of piperidine rings is 1. The fourth-order valence-corrected chi connectivity index (χ4v) is 5.23. The van der Waals surface area contributed by atoms with Gasteiger partial charge in [-0.1, -0.05) is 29.8 Å². The number of carbonyl (C=O) groups is 1. The number of aromatic nitrogens is 2. The van der Waals surface area contributed by atoms with Gasteiger partial charge >= 0.3 is 0 Å². The topological polar surface area (TPSA) is 81.2 Å². The fourth-order valence-electron chi connectivity index (χ4n) is 4.17. The van der Waals surface area contributed by atoms with Crippen molar-refractivity contribution in [3.8, 4) is 0 Å². The number of hydrogen-bond acceptors (Lipinski definition) is 5. The molecule has 1 fully saturated rings. The second kappa shape index (κ2) is 9.09. The van der Waals surface area contributed by atoms with E-state index in [1.54, 1.807) is 17.2 Å². The van der Waals surface area contributed by atoms with Gasteiger partial charge in [0.05, 0.1) is 16.0 Å². The number of fused-ring (bicyclic) bond motifs is 1. The molecular weight excluding hydrogens is 456 g/mol. The van der Waals surface area contributed by atoms with Crippen molar-refractivity contribution in [3.05, 3.63) is 89.2 Å². The Morgan fingerprint density at radius 3 is 2.61 bits per heavy atom. The highest BCUT2D eigenvalue weighted by Crippen LogP contribution is 2.37. The monoisotopic (exact) mass is 478 g/mol. The van der Waals surface area contributed by atoms with Crippen molar-refractivity contribution in [2.45, 2.75) is 23.3 Å². The van der Waals surface area contributed by atoms with E-state index in [0.717, 1.165) is 27.2 Å². The normalized spacial score (nSPS) is 15.5. The number of aliphatic hydroxyl groups is 1. The highest BCUT2D eigenvalue weighted by molar-refractivity contribution is 8.00. The summed E-state index contributed by atoms with van der Waals surface area (Å²) >= 11 is 7.76. The Labute approximate surface area is 201 Å². The molecule has 0 unspecified atom stereocenters. The first-order chi connectivity index (χ1) is 16.0. The van der Waals surface area contributed by atoms with Gasteiger partial charge in [-0.25, -0.2) is 0 Å². The number of hydrogen-bond donors (Lipinski definition) is 3. The highest BCUT2D eigenvalue weighted by Gasteiger charge is 2.36. The van der Waals surface area contributed by atoms with Gasteiger partial charge in [-0.15, -0.1) is 0 Å². The number of carbonyl (C=O) groups excluding carboxylic acids is 1. The number of nitrogens with one attached hydrogen (secondary N) is 2. The molecule has 0 spiro atoms. The lowest BCUT2D eigenvalue weighted by Crippen LogP contribution is -2.45. The van der Waals surface area contributed by atoms with Gasteiger partial charge in [-0.05, 0) is 67.3 Å². The smallest absolute Gasteiger partial charge is 0.253 e. The molecule has 8 heteroatoms. The Balaban J connectivity index is 1.20. The minimum Gasteiger partial charge on any atom is -0.385 e. The molecule has 2 aromatic heterocycles. The Kier molecular flexibility index (Phi) is 6.01. The maximum atomic E-state index is 13.0. The van der Waals surface area contributed by atoms with Crippen molar-refractivity contribution in [2.24, 2.45) is 0 Å². The summed E-state index contributed by atoms with van der Waals surface area (Å²) in [4.78, 5) is 23.4. The van der Waals surface area contributed by atoms with Crippen LogP contribution < -0.4 is 4.72 Å². The van der Waals surface area contributed by atoms with Gasteiger partial charge in [0.1, 0.15) is 5.52 Å². The van der Waals surface area contributed by atoms with Crippen LogP contribution in [0.15, 0.2) is 78.0 Å². The predicted octanol–water partition coefficient (Wildman–Crippen LogP) is 5.46. The van der Waals surface area contributed by atoms with Gasteiger partial charge in [0.15, 0.2) is 0 Å². The molecule has 6 nitrogen and oxygen atoms in total. The summed E-state index contributed by atoms with van der Waals surface area (Å²) in [5, 5.41) is 11.7. The van der Waals surface area contributed by atoms with Crippen molar-refractivity contribution >= 4 is 46.2 Å². The SMILES string of the molecule is O=C(c1ccc(NSc2c[nH]c3cccnc23)cc1)N1CCC(O)(c2ccccc2Cl)CC1. The zero-order valence-corrected chi connectivity index (χ0v) is 19.4. The van der Waals surface area contributed by atoms with E-state index in [1.165, 1.54) is 11.9 Å². The second-order valence-electron chi connectivity index (χ2n) is 8.14. The summed E-state index contributed by atoms with van der Waals surface area (Å²) in [7, 11) is 0. The zero-order chi connectivity index (χ0) is 22.8. The van der Waals surface area contributed by atoms with Crippen molar-refractivity contribution in [1.82, 2.24) is 14.9 Å². The molecule has 33 heavy (non-hydrogen) atoms. The van der Waals surface area contributed by atoms with Crippen molar-refractivity contribution in [1.29, 1.82) is 0 Å². The third-order valence-electron chi connectivity index (χ3n) is 6.06. The maximum Gasteiger partial charge on any atom is 0.253 e. The van der Waals surface area contributed by atoms with Crippen molar-refractivity contribution < 1.29 is 9.90 Å². The van der Waals surface area contributed by atoms with Crippen LogP contribution in [0, 0.1) is 0 Å². The molecule has 0 atom stereocenters. The van der Waals surface area contributed by atoms with Gasteiger partial charge < -0.3 is 19.7 Å². The standard InChI is InChI=1S/C25H23ClN4O2S/c26-20-5-2-1-4-19(20)25(32)11-14-30(15-12-25)24(31)17-7-9-18(10-8-17)29-33-22-16-28-21-6-3-13-27-23(21)22/h1-10,13,16,28-29,32H,11-12,14-15H2. The molecule has 0 bridgehead atoms. The van der Waals surface area contributed by atoms with Crippen LogP contribution in [0.5, 0.6) is 0 Å². The highest BCUT2D eigenvalue weighted by atomic mass is 35.5. The number of nitrogens with zero attached hydrogens (tertiary/aromatic N) is 2. The van der Waals surface area contributed by atoms with E-state index in [-0.39, 0.29) is 5.91 Å². The molecule has 0 radical (unpaired) electrons. The Morgan fingerprint density at radius 2 is 1.85 bits per heavy atom. The molecule has 3 heterocycles. The van der Waals surface area contributed by atoms with E-state index in [0.29, 0.717) is 36.5 Å². The minimum absolute atomic E-state index is 0.0313. The van der Waals surface area contributed by atoms with Crippen LogP contribution in [-0.2, 0) is 5.60 Å². The molecule has 0 saturated carbocycles. The molecule has 0 aliphatic carbocycles. The van der Waals surface area contributed by atoms with Crippen LogP contribution in [0.2, 0.25) is 5.02 Å². The zero-order valence-electron chi connectivity index (χ0n) is 17.8. The first kappa shape index (κ1) is 21.8. The second-order valence-corrected chi connectivity index (χ2v) is 9.39. The average molecular weight is 479 g/mol. The summed E-state index contributed by atoms with van der Waals surface area (Å²) in [6.07, 6.45) is 4.61. The van der Waals surface area contributed by atoms with E-state index in [4.69, 9.17) is 11.6 Å². The van der Waals surface area contributed by atoms with E-state index in [2.05, 4.69) is 14.7 Å². The van der Waals surface area contributed by atoms with Crippen LogP contribution in [-0.4, -0.2) is 39.0 Å². The molecule has 1 aliphatic heterocycles. The largest absolute Gasteiger partial charge is 0.385 e. The average Bonchev–Trinajstić information content (AvgIpc) is 3.26. The summed E-state index contributed by atoms with van der Waals surface area (Å²) in [6, 6.07) is 18.7. The number of benzene rings is 2. The van der Waals surface area contributed by atoms with Gasteiger partial charge in [0, 0.05) is 47.3 Å². The molecule has 4 aromatic rings. The Morgan fingerprint density at radius 1 is 1.09 bits per heavy atom. The van der Waals surface area contributed by atoms with Crippen LogP contribution in [0.25, 0.3) is 11.0 Å². The van der Waals surface area contributed by atoms with Gasteiger partial charge in [0.25, 0.3) is 5.91 Å². The Hall–Kier alpha value is -3.00. The number of rotatable bonds is 5. The van der Waals surface area contributed by atoms with Gasteiger partial charge in [-0.2, -0.15) is 0 Å². The molecule has 2 aromatic carbocycles. The lowest BCUT2D eigenvalue weighted by molar-refractivity contribution is -0.0210. The summed E-state index contributed by atoms with van der Waals surface area (Å²) < 4.78 is 3.31. The quantitative estimate of drug-likeness (QED) is 0.332. The van der Waals surface area contributed by atoms with Crippen LogP contribution >= 0.6 is 23.5 Å². The summed E-state index contributed by atoms with van der Waals surface area (Å²) in [6.45, 7) is 0.952. The molecular formula is C25H23ClN4O2S. The predicted molar refractivity (Wildman–Crippen MR) is 133 cm³/mol. The number of H-pyrrole nitrogens is 1. The molecule has 1 aliphatic rings. The molecule has 5 rings (SSSR count). The summed E-state index contributed by atoms with van der Waals surface area (Å²) in [5.74, 6) is -0.0313. The Bertz CT molecular complexity index is 1280. The lowest BCUT2D eigenvalue weighted by atomic mass is 9.84. The molecule has 3 N–H and O–H groups in total. The van der Waals surface area contributed by atoms with Gasteiger partial charge in [0.2, 0.25) is 0 Å². The van der Waals surface area contributed by atoms with Crippen molar-refractivity contribution in [3.63, 3.8) is 0 Å². The molecule has 1 saturated heterocycles. The maximum absolute atomic E-state index is 13.0. The minimum atomic E-state index is -1.00. The fraction of sp³-hybridized carbons (Fsp3) is 0.200. The van der Waals surface area contributed by atoms with Gasteiger partial charge in [-0.3, -0.25) is 9.78 Å². The first-order valence-electron chi connectivity index (χ1n) is 10.8. The van der Waals surface area contributed by atoms with E-state index < -0.39 is 5.60 Å².